The molecule has 3 nitrogen and oxygen atoms in total. The second-order valence-electron chi connectivity index (χ2n) is 7.12. The number of carbonyl (C=O) groups excluding carboxylic acids is 2. The van der Waals surface area contributed by atoms with E-state index < -0.39 is 5.25 Å². The summed E-state index contributed by atoms with van der Waals surface area (Å²) in [6.07, 6.45) is 2.57. The van der Waals surface area contributed by atoms with Gasteiger partial charge in [0.05, 0.1) is 17.3 Å². The smallest absolute Gasteiger partial charge is 0.199 e. The van der Waals surface area contributed by atoms with Crippen LogP contribution in [0.2, 0.25) is 0 Å². The number of carbonyl (C=O) groups is 2. The van der Waals surface area contributed by atoms with Gasteiger partial charge in [-0.25, -0.2) is 0 Å². The molecule has 0 spiro atoms. The predicted molar refractivity (Wildman–Crippen MR) is 121 cm³/mol. The summed E-state index contributed by atoms with van der Waals surface area (Å²) >= 11 is 1.37. The molecule has 150 valence electrons. The average molecular weight is 415 g/mol. The maximum Gasteiger partial charge on any atom is 0.199 e. The number of hydrogen-bond donors (Lipinski definition) is 0. The van der Waals surface area contributed by atoms with Gasteiger partial charge in [-0.1, -0.05) is 84.9 Å². The van der Waals surface area contributed by atoms with Crippen molar-refractivity contribution in [2.24, 2.45) is 0 Å². The third-order valence-corrected chi connectivity index (χ3v) is 6.69. The van der Waals surface area contributed by atoms with E-state index in [4.69, 9.17) is 4.74 Å². The van der Waals surface area contributed by atoms with Crippen LogP contribution >= 0.6 is 11.8 Å². The van der Waals surface area contributed by atoms with Gasteiger partial charge in [0.2, 0.25) is 0 Å². The Balaban J connectivity index is 1.72. The van der Waals surface area contributed by atoms with Crippen LogP contribution in [-0.4, -0.2) is 23.9 Å². The Labute approximate surface area is 180 Å². The van der Waals surface area contributed by atoms with Gasteiger partial charge >= 0.3 is 0 Å². The Hall–Kier alpha value is -3.11. The summed E-state index contributed by atoms with van der Waals surface area (Å²) in [5, 5.41) is -0.406. The molecule has 0 amide bonds. The normalized spacial score (nSPS) is 18.4. The van der Waals surface area contributed by atoms with E-state index in [0.29, 0.717) is 22.5 Å². The molecule has 0 aromatic heterocycles. The van der Waals surface area contributed by atoms with E-state index in [2.05, 4.69) is 0 Å². The first-order valence-electron chi connectivity index (χ1n) is 9.88. The lowest BCUT2D eigenvalue weighted by molar-refractivity contribution is 0.0980. The van der Waals surface area contributed by atoms with Crippen LogP contribution in [0.15, 0.2) is 95.9 Å². The van der Waals surface area contributed by atoms with Crippen LogP contribution in [-0.2, 0) is 0 Å². The second kappa shape index (κ2) is 9.14. The SMILES string of the molecule is COc1ccccc1[C@@H]1CC=C(C(=O)c2ccccc2)S[C@H]1C(=O)c1ccccc1. The standard InChI is InChI=1S/C26H22O3S/c1-29-22-15-9-8-14-20(22)21-16-17-23(24(27)18-10-4-2-5-11-18)30-26(21)25(28)19-12-6-3-7-13-19/h2-15,17,21,26H,16H2,1H3/t21-,26+/m0/s1. The molecule has 1 aliphatic heterocycles. The fourth-order valence-electron chi connectivity index (χ4n) is 3.77. The third kappa shape index (κ3) is 4.10. The van der Waals surface area contributed by atoms with Crippen molar-refractivity contribution < 1.29 is 14.3 Å². The molecular formula is C26H22O3S. The summed E-state index contributed by atoms with van der Waals surface area (Å²) in [4.78, 5) is 27.2. The molecule has 1 heterocycles. The molecule has 3 aromatic carbocycles. The van der Waals surface area contributed by atoms with Crippen LogP contribution < -0.4 is 4.74 Å². The molecule has 0 aliphatic carbocycles. The number of benzene rings is 3. The molecule has 0 bridgehead atoms. The molecular weight excluding hydrogens is 392 g/mol. The van der Waals surface area contributed by atoms with E-state index in [0.717, 1.165) is 11.3 Å². The number of methoxy groups -OCH3 is 1. The molecule has 30 heavy (non-hydrogen) atoms. The average Bonchev–Trinajstić information content (AvgIpc) is 2.84. The first-order chi connectivity index (χ1) is 14.7. The van der Waals surface area contributed by atoms with Crippen molar-refractivity contribution in [3.05, 3.63) is 113 Å². The molecule has 0 N–H and O–H groups in total. The summed E-state index contributed by atoms with van der Waals surface area (Å²) in [5.41, 5.74) is 2.28. The Morgan fingerprint density at radius 3 is 2.10 bits per heavy atom. The number of hydrogen-bond acceptors (Lipinski definition) is 4. The van der Waals surface area contributed by atoms with E-state index >= 15 is 0 Å². The summed E-state index contributed by atoms with van der Waals surface area (Å²) in [6, 6.07) is 26.3. The second-order valence-corrected chi connectivity index (χ2v) is 8.30. The lowest BCUT2D eigenvalue weighted by atomic mass is 9.87. The molecule has 2 atom stereocenters. The topological polar surface area (TPSA) is 43.4 Å². The van der Waals surface area contributed by atoms with Gasteiger partial charge in [-0.2, -0.15) is 0 Å². The largest absolute Gasteiger partial charge is 0.496 e. The molecule has 3 aromatic rings. The van der Waals surface area contributed by atoms with Crippen LogP contribution in [0.5, 0.6) is 5.75 Å². The van der Waals surface area contributed by atoms with Crippen LogP contribution in [0.1, 0.15) is 38.6 Å². The number of allylic oxidation sites excluding steroid dienone is 2. The van der Waals surface area contributed by atoms with Crippen LogP contribution in [0.25, 0.3) is 0 Å². The molecule has 0 fully saturated rings. The third-order valence-electron chi connectivity index (χ3n) is 5.29. The van der Waals surface area contributed by atoms with Gasteiger partial charge in [-0.05, 0) is 18.1 Å². The Kier molecular flexibility index (Phi) is 6.15. The number of Topliss-reactive ketones (excluding diaryl/α,β-unsaturated/α-hetero) is 2. The first kappa shape index (κ1) is 20.2. The number of ketones is 2. The Bertz CT molecular complexity index is 1070. The summed E-state index contributed by atoms with van der Waals surface area (Å²) in [7, 11) is 1.64. The fourth-order valence-corrected chi connectivity index (χ4v) is 5.12. The quantitative estimate of drug-likeness (QED) is 0.469. The molecule has 0 unspecified atom stereocenters. The van der Waals surface area contributed by atoms with Crippen molar-refractivity contribution in [3.63, 3.8) is 0 Å². The molecule has 0 saturated carbocycles. The summed E-state index contributed by atoms with van der Waals surface area (Å²) < 4.78 is 5.57. The highest BCUT2D eigenvalue weighted by atomic mass is 32.2. The summed E-state index contributed by atoms with van der Waals surface area (Å²) in [6.45, 7) is 0. The van der Waals surface area contributed by atoms with Gasteiger partial charge in [-0.3, -0.25) is 9.59 Å². The maximum absolute atomic E-state index is 13.5. The van der Waals surface area contributed by atoms with E-state index in [1.807, 2.05) is 91.0 Å². The van der Waals surface area contributed by atoms with Crippen molar-refractivity contribution in [2.75, 3.05) is 7.11 Å². The van der Waals surface area contributed by atoms with Gasteiger partial charge in [-0.15, -0.1) is 11.8 Å². The van der Waals surface area contributed by atoms with Gasteiger partial charge in [0, 0.05) is 17.0 Å². The number of ether oxygens (including phenoxy) is 1. The zero-order chi connectivity index (χ0) is 20.9. The van der Waals surface area contributed by atoms with Crippen molar-refractivity contribution in [1.29, 1.82) is 0 Å². The predicted octanol–water partition coefficient (Wildman–Crippen LogP) is 5.93. The van der Waals surface area contributed by atoms with Crippen molar-refractivity contribution in [2.45, 2.75) is 17.6 Å². The van der Waals surface area contributed by atoms with E-state index in [1.54, 1.807) is 7.11 Å². The number of thioether (sulfide) groups is 1. The van der Waals surface area contributed by atoms with Crippen molar-refractivity contribution in [3.8, 4) is 5.75 Å². The molecule has 4 heteroatoms. The zero-order valence-corrected chi connectivity index (χ0v) is 17.5. The van der Waals surface area contributed by atoms with Gasteiger partial charge < -0.3 is 4.74 Å². The molecule has 4 rings (SSSR count). The van der Waals surface area contributed by atoms with Crippen molar-refractivity contribution in [1.82, 2.24) is 0 Å². The molecule has 0 radical (unpaired) electrons. The van der Waals surface area contributed by atoms with Crippen LogP contribution in [0.3, 0.4) is 0 Å². The minimum absolute atomic E-state index is 0.0305. The molecule has 0 saturated heterocycles. The highest BCUT2D eigenvalue weighted by Crippen LogP contribution is 2.45. The van der Waals surface area contributed by atoms with E-state index in [9.17, 15) is 9.59 Å². The van der Waals surface area contributed by atoms with Crippen LogP contribution in [0.4, 0.5) is 0 Å². The van der Waals surface area contributed by atoms with Gasteiger partial charge in [0.15, 0.2) is 11.6 Å². The number of para-hydroxylation sites is 1. The fraction of sp³-hybridized carbons (Fsp3) is 0.154. The Morgan fingerprint density at radius 2 is 1.43 bits per heavy atom. The monoisotopic (exact) mass is 414 g/mol. The Morgan fingerprint density at radius 1 is 0.833 bits per heavy atom. The van der Waals surface area contributed by atoms with Crippen molar-refractivity contribution >= 4 is 23.3 Å². The van der Waals surface area contributed by atoms with Crippen LogP contribution in [0, 0.1) is 0 Å². The summed E-state index contributed by atoms with van der Waals surface area (Å²) in [5.74, 6) is 0.680. The lowest BCUT2D eigenvalue weighted by Crippen LogP contribution is -2.29. The minimum atomic E-state index is -0.406. The minimum Gasteiger partial charge on any atom is -0.496 e. The van der Waals surface area contributed by atoms with E-state index in [1.165, 1.54) is 11.8 Å². The number of rotatable bonds is 6. The lowest BCUT2D eigenvalue weighted by Gasteiger charge is -2.31. The first-order valence-corrected chi connectivity index (χ1v) is 10.8. The molecule has 1 aliphatic rings. The maximum atomic E-state index is 13.5. The zero-order valence-electron chi connectivity index (χ0n) is 16.7. The highest BCUT2D eigenvalue weighted by molar-refractivity contribution is 8.05. The highest BCUT2D eigenvalue weighted by Gasteiger charge is 2.37. The van der Waals surface area contributed by atoms with Gasteiger partial charge in [0.1, 0.15) is 5.75 Å². The van der Waals surface area contributed by atoms with E-state index in [-0.39, 0.29) is 17.5 Å². The van der Waals surface area contributed by atoms with Gasteiger partial charge in [0.25, 0.3) is 0 Å².